The van der Waals surface area contributed by atoms with Gasteiger partial charge in [0.1, 0.15) is 0 Å². The highest BCUT2D eigenvalue weighted by atomic mass is 32.2. The Morgan fingerprint density at radius 1 is 1.43 bits per heavy atom. The van der Waals surface area contributed by atoms with Gasteiger partial charge < -0.3 is 0 Å². The van der Waals surface area contributed by atoms with Gasteiger partial charge in [-0.3, -0.25) is 5.32 Å². The van der Waals surface area contributed by atoms with E-state index in [0.717, 1.165) is 0 Å². The number of aryl methyl sites for hydroxylation is 1. The molecular weight excluding hydrogens is 190 g/mol. The van der Waals surface area contributed by atoms with Crippen LogP contribution in [0.15, 0.2) is 24.3 Å². The molecule has 1 saturated heterocycles. The van der Waals surface area contributed by atoms with Crippen molar-refractivity contribution in [3.63, 3.8) is 0 Å². The van der Waals surface area contributed by atoms with Gasteiger partial charge in [0.25, 0.3) is 0 Å². The molecule has 0 aromatic heterocycles. The van der Waals surface area contributed by atoms with Crippen molar-refractivity contribution in [2.45, 2.75) is 31.7 Å². The summed E-state index contributed by atoms with van der Waals surface area (Å²) < 4.78 is 0. The van der Waals surface area contributed by atoms with E-state index in [-0.39, 0.29) is 5.54 Å². The first-order valence-corrected chi connectivity index (χ1v) is 6.08. The molecule has 0 bridgehead atoms. The van der Waals surface area contributed by atoms with Gasteiger partial charge in [-0.25, -0.2) is 0 Å². The molecule has 1 heterocycles. The van der Waals surface area contributed by atoms with Crippen molar-refractivity contribution in [2.24, 2.45) is 0 Å². The predicted molar refractivity (Wildman–Crippen MR) is 63.6 cm³/mol. The highest BCUT2D eigenvalue weighted by molar-refractivity contribution is 7.99. The summed E-state index contributed by atoms with van der Waals surface area (Å²) in [7, 11) is 0. The summed E-state index contributed by atoms with van der Waals surface area (Å²) in [6.45, 7) is 6.67. The second-order valence-electron chi connectivity index (χ2n) is 4.63. The third kappa shape index (κ3) is 2.12. The highest BCUT2D eigenvalue weighted by Gasteiger charge is 2.31. The number of thioether (sulfide) groups is 1. The maximum absolute atomic E-state index is 3.64. The SMILES string of the molecule is Cc1cccc(C2NC(C)(C)CS2)c1. The first kappa shape index (κ1) is 10.1. The number of hydrogen-bond donors (Lipinski definition) is 1. The van der Waals surface area contributed by atoms with Crippen LogP contribution in [-0.2, 0) is 0 Å². The van der Waals surface area contributed by atoms with E-state index in [4.69, 9.17) is 0 Å². The summed E-state index contributed by atoms with van der Waals surface area (Å²) in [6, 6.07) is 8.76. The smallest absolute Gasteiger partial charge is 0.0794 e. The maximum atomic E-state index is 3.64. The molecule has 1 aromatic rings. The van der Waals surface area contributed by atoms with Gasteiger partial charge in [-0.1, -0.05) is 29.8 Å². The van der Waals surface area contributed by atoms with Gasteiger partial charge in [0.2, 0.25) is 0 Å². The van der Waals surface area contributed by atoms with E-state index in [1.807, 2.05) is 11.8 Å². The average molecular weight is 207 g/mol. The lowest BCUT2D eigenvalue weighted by Gasteiger charge is -2.19. The van der Waals surface area contributed by atoms with Crippen LogP contribution in [0.1, 0.15) is 30.3 Å². The predicted octanol–water partition coefficient (Wildman–Crippen LogP) is 3.11. The summed E-state index contributed by atoms with van der Waals surface area (Å²) >= 11 is 2.00. The molecule has 1 aromatic carbocycles. The van der Waals surface area contributed by atoms with Crippen molar-refractivity contribution in [1.82, 2.24) is 5.32 Å². The van der Waals surface area contributed by atoms with Gasteiger partial charge in [-0.2, -0.15) is 0 Å². The van der Waals surface area contributed by atoms with Crippen LogP contribution in [0.5, 0.6) is 0 Å². The van der Waals surface area contributed by atoms with E-state index in [9.17, 15) is 0 Å². The lowest BCUT2D eigenvalue weighted by atomic mass is 10.1. The minimum Gasteiger partial charge on any atom is -0.296 e. The van der Waals surface area contributed by atoms with Crippen molar-refractivity contribution in [3.8, 4) is 0 Å². The Labute approximate surface area is 90.3 Å². The van der Waals surface area contributed by atoms with Crippen molar-refractivity contribution >= 4 is 11.8 Å². The number of benzene rings is 1. The van der Waals surface area contributed by atoms with Gasteiger partial charge in [-0.05, 0) is 26.3 Å². The number of hydrogen-bond acceptors (Lipinski definition) is 2. The summed E-state index contributed by atoms with van der Waals surface area (Å²) in [5, 5.41) is 4.11. The van der Waals surface area contributed by atoms with E-state index in [1.165, 1.54) is 16.9 Å². The van der Waals surface area contributed by atoms with Gasteiger partial charge >= 0.3 is 0 Å². The summed E-state index contributed by atoms with van der Waals surface area (Å²) in [4.78, 5) is 0. The number of nitrogens with one attached hydrogen (secondary N) is 1. The van der Waals surface area contributed by atoms with E-state index < -0.39 is 0 Å². The molecule has 1 aliphatic heterocycles. The first-order chi connectivity index (χ1) is 6.57. The maximum Gasteiger partial charge on any atom is 0.0794 e. The molecule has 14 heavy (non-hydrogen) atoms. The third-order valence-corrected chi connectivity index (χ3v) is 4.09. The Kier molecular flexibility index (Phi) is 2.58. The molecular formula is C12H17NS. The normalized spacial score (nSPS) is 25.2. The quantitative estimate of drug-likeness (QED) is 0.759. The Morgan fingerprint density at radius 2 is 2.21 bits per heavy atom. The molecule has 1 unspecified atom stereocenters. The van der Waals surface area contributed by atoms with Gasteiger partial charge in [0.15, 0.2) is 0 Å². The molecule has 0 saturated carbocycles. The van der Waals surface area contributed by atoms with Crippen LogP contribution < -0.4 is 5.32 Å². The summed E-state index contributed by atoms with van der Waals surface area (Å²) in [6.07, 6.45) is 0. The Bertz CT molecular complexity index is 333. The Hall–Kier alpha value is -0.470. The fourth-order valence-electron chi connectivity index (χ4n) is 1.74. The van der Waals surface area contributed by atoms with Gasteiger partial charge in [-0.15, -0.1) is 11.8 Å². The Morgan fingerprint density at radius 3 is 2.79 bits per heavy atom. The van der Waals surface area contributed by atoms with Crippen LogP contribution in [-0.4, -0.2) is 11.3 Å². The lowest BCUT2D eigenvalue weighted by Crippen LogP contribution is -2.35. The molecule has 1 atom stereocenters. The highest BCUT2D eigenvalue weighted by Crippen LogP contribution is 2.37. The van der Waals surface area contributed by atoms with Crippen LogP contribution >= 0.6 is 11.8 Å². The monoisotopic (exact) mass is 207 g/mol. The van der Waals surface area contributed by atoms with E-state index in [2.05, 4.69) is 50.4 Å². The summed E-state index contributed by atoms with van der Waals surface area (Å²) in [5.74, 6) is 1.19. The molecule has 2 heteroatoms. The molecule has 76 valence electrons. The fourth-order valence-corrected chi connectivity index (χ4v) is 3.15. The topological polar surface area (TPSA) is 12.0 Å². The van der Waals surface area contributed by atoms with E-state index in [0.29, 0.717) is 5.37 Å². The van der Waals surface area contributed by atoms with Crippen molar-refractivity contribution in [3.05, 3.63) is 35.4 Å². The van der Waals surface area contributed by atoms with Crippen LogP contribution in [0.25, 0.3) is 0 Å². The molecule has 2 rings (SSSR count). The molecule has 0 spiro atoms. The molecule has 1 aliphatic rings. The zero-order chi connectivity index (χ0) is 10.2. The van der Waals surface area contributed by atoms with Crippen LogP contribution in [0, 0.1) is 6.92 Å². The van der Waals surface area contributed by atoms with Crippen LogP contribution in [0.2, 0.25) is 0 Å². The fraction of sp³-hybridized carbons (Fsp3) is 0.500. The average Bonchev–Trinajstić information content (AvgIpc) is 2.46. The molecule has 1 nitrogen and oxygen atoms in total. The standard InChI is InChI=1S/C12H17NS/c1-9-5-4-6-10(7-9)11-13-12(2,3)8-14-11/h4-7,11,13H,8H2,1-3H3. The molecule has 1 N–H and O–H groups in total. The second-order valence-corrected chi connectivity index (χ2v) is 5.73. The van der Waals surface area contributed by atoms with Gasteiger partial charge in [0.05, 0.1) is 5.37 Å². The van der Waals surface area contributed by atoms with E-state index >= 15 is 0 Å². The second kappa shape index (κ2) is 3.59. The molecule has 0 radical (unpaired) electrons. The first-order valence-electron chi connectivity index (χ1n) is 5.03. The minimum atomic E-state index is 0.277. The Balaban J connectivity index is 2.17. The van der Waals surface area contributed by atoms with Crippen molar-refractivity contribution in [2.75, 3.05) is 5.75 Å². The lowest BCUT2D eigenvalue weighted by molar-refractivity contribution is 0.452. The van der Waals surface area contributed by atoms with Crippen LogP contribution in [0.3, 0.4) is 0 Å². The van der Waals surface area contributed by atoms with Gasteiger partial charge in [0, 0.05) is 11.3 Å². The molecule has 0 amide bonds. The summed E-state index contributed by atoms with van der Waals surface area (Å²) in [5.41, 5.74) is 3.02. The van der Waals surface area contributed by atoms with Crippen LogP contribution in [0.4, 0.5) is 0 Å². The third-order valence-electron chi connectivity index (χ3n) is 2.48. The molecule has 1 fully saturated rings. The molecule has 0 aliphatic carbocycles. The zero-order valence-electron chi connectivity index (χ0n) is 9.00. The number of rotatable bonds is 1. The van der Waals surface area contributed by atoms with Crippen molar-refractivity contribution < 1.29 is 0 Å². The largest absolute Gasteiger partial charge is 0.296 e. The van der Waals surface area contributed by atoms with E-state index in [1.54, 1.807) is 0 Å². The van der Waals surface area contributed by atoms with Crippen molar-refractivity contribution in [1.29, 1.82) is 0 Å². The minimum absolute atomic E-state index is 0.277. The zero-order valence-corrected chi connectivity index (χ0v) is 9.82.